The highest BCUT2D eigenvalue weighted by Gasteiger charge is 2.27. The first-order chi connectivity index (χ1) is 10.7. The number of benzene rings is 1. The molecule has 0 bridgehead atoms. The van der Waals surface area contributed by atoms with Crippen LogP contribution in [0.4, 0.5) is 0 Å². The summed E-state index contributed by atoms with van der Waals surface area (Å²) in [5, 5.41) is 0. The fourth-order valence-electron chi connectivity index (χ4n) is 2.62. The minimum Gasteiger partial charge on any atom is -0.481 e. The second-order valence-electron chi connectivity index (χ2n) is 5.63. The highest BCUT2D eigenvalue weighted by Crippen LogP contribution is 2.38. The quantitative estimate of drug-likeness (QED) is 0.790. The van der Waals surface area contributed by atoms with Crippen LogP contribution in [0, 0.1) is 5.92 Å². The zero-order valence-corrected chi connectivity index (χ0v) is 12.9. The van der Waals surface area contributed by atoms with Crippen molar-refractivity contribution < 1.29 is 14.3 Å². The number of fused-ring (bicyclic) bond motifs is 2. The lowest BCUT2D eigenvalue weighted by molar-refractivity contribution is -0.146. The Hall–Kier alpha value is -2.29. The molecule has 3 heteroatoms. The summed E-state index contributed by atoms with van der Waals surface area (Å²) >= 11 is 0. The molecule has 1 heterocycles. The van der Waals surface area contributed by atoms with Gasteiger partial charge in [-0.3, -0.25) is 4.79 Å². The molecule has 0 spiro atoms. The molecular weight excluding hydrogens is 276 g/mol. The number of carbonyl (C=O) groups is 1. The van der Waals surface area contributed by atoms with Gasteiger partial charge in [0.05, 0.1) is 5.92 Å². The van der Waals surface area contributed by atoms with Crippen molar-refractivity contribution in [3.63, 3.8) is 0 Å². The standard InChI is InChI=1S/C19H20O3/c1-3-13(2)19(20)21-12-16-14-8-4-6-10-17(14)22-18-11-7-5-9-15(16)18/h4-11,13,17H,3,12H2,1-2H3. The van der Waals surface area contributed by atoms with Crippen LogP contribution in [0.5, 0.6) is 5.75 Å². The van der Waals surface area contributed by atoms with Gasteiger partial charge in [-0.05, 0) is 18.6 Å². The molecule has 3 rings (SSSR count). The van der Waals surface area contributed by atoms with Crippen LogP contribution in [0.3, 0.4) is 0 Å². The van der Waals surface area contributed by atoms with E-state index >= 15 is 0 Å². The number of hydrogen-bond donors (Lipinski definition) is 0. The van der Waals surface area contributed by atoms with Crippen LogP contribution in [-0.4, -0.2) is 18.7 Å². The van der Waals surface area contributed by atoms with Crippen LogP contribution in [0.15, 0.2) is 54.1 Å². The predicted molar refractivity (Wildman–Crippen MR) is 86.5 cm³/mol. The van der Waals surface area contributed by atoms with Crippen LogP contribution in [0.1, 0.15) is 25.8 Å². The van der Waals surface area contributed by atoms with Gasteiger partial charge in [0.15, 0.2) is 0 Å². The maximum Gasteiger partial charge on any atom is 0.308 e. The van der Waals surface area contributed by atoms with Gasteiger partial charge in [0.25, 0.3) is 0 Å². The summed E-state index contributed by atoms with van der Waals surface area (Å²) < 4.78 is 11.5. The van der Waals surface area contributed by atoms with Gasteiger partial charge in [0.1, 0.15) is 18.5 Å². The van der Waals surface area contributed by atoms with Gasteiger partial charge in [-0.25, -0.2) is 0 Å². The highest BCUT2D eigenvalue weighted by atomic mass is 16.5. The first kappa shape index (κ1) is 14.6. The molecule has 0 aromatic heterocycles. The second kappa shape index (κ2) is 6.22. The molecule has 0 fully saturated rings. The van der Waals surface area contributed by atoms with E-state index in [1.54, 1.807) is 0 Å². The van der Waals surface area contributed by atoms with Crippen LogP contribution in [0.2, 0.25) is 0 Å². The van der Waals surface area contributed by atoms with E-state index in [9.17, 15) is 4.79 Å². The number of carbonyl (C=O) groups excluding carboxylic acids is 1. The Bertz CT molecular complexity index is 667. The maximum absolute atomic E-state index is 12.0. The minimum absolute atomic E-state index is 0.0710. The Morgan fingerprint density at radius 2 is 2.14 bits per heavy atom. The van der Waals surface area contributed by atoms with E-state index in [1.165, 1.54) is 0 Å². The summed E-state index contributed by atoms with van der Waals surface area (Å²) in [4.78, 5) is 12.0. The number of ether oxygens (including phenoxy) is 2. The van der Waals surface area contributed by atoms with E-state index in [0.717, 1.165) is 28.9 Å². The Morgan fingerprint density at radius 1 is 1.32 bits per heavy atom. The maximum atomic E-state index is 12.0. The van der Waals surface area contributed by atoms with Crippen molar-refractivity contribution in [1.29, 1.82) is 0 Å². The van der Waals surface area contributed by atoms with Gasteiger partial charge in [0, 0.05) is 16.7 Å². The van der Waals surface area contributed by atoms with E-state index in [0.29, 0.717) is 0 Å². The van der Waals surface area contributed by atoms with Gasteiger partial charge in [-0.15, -0.1) is 0 Å². The number of hydrogen-bond acceptors (Lipinski definition) is 3. The summed E-state index contributed by atoms with van der Waals surface area (Å²) in [5.41, 5.74) is 3.10. The molecule has 2 unspecified atom stereocenters. The molecule has 2 atom stereocenters. The monoisotopic (exact) mass is 296 g/mol. The molecule has 3 nitrogen and oxygen atoms in total. The normalized spacial score (nSPS) is 20.0. The second-order valence-corrected chi connectivity index (χ2v) is 5.63. The number of allylic oxidation sites excluding steroid dienone is 2. The average molecular weight is 296 g/mol. The van der Waals surface area contributed by atoms with Crippen molar-refractivity contribution in [1.82, 2.24) is 0 Å². The van der Waals surface area contributed by atoms with Crippen molar-refractivity contribution in [2.24, 2.45) is 5.92 Å². The molecule has 0 amide bonds. The Balaban J connectivity index is 1.91. The average Bonchev–Trinajstić information content (AvgIpc) is 2.57. The first-order valence-electron chi connectivity index (χ1n) is 7.71. The van der Waals surface area contributed by atoms with Crippen LogP contribution in [-0.2, 0) is 9.53 Å². The summed E-state index contributed by atoms with van der Waals surface area (Å²) in [5.74, 6) is 0.621. The molecule has 114 valence electrons. The number of esters is 1. The molecule has 0 N–H and O–H groups in total. The van der Waals surface area contributed by atoms with Crippen molar-refractivity contribution in [2.45, 2.75) is 26.4 Å². The molecule has 0 saturated carbocycles. The zero-order chi connectivity index (χ0) is 15.5. The lowest BCUT2D eigenvalue weighted by atomic mass is 9.91. The fourth-order valence-corrected chi connectivity index (χ4v) is 2.62. The fraction of sp³-hybridized carbons (Fsp3) is 0.316. The largest absolute Gasteiger partial charge is 0.481 e. The SMILES string of the molecule is CCC(C)C(=O)OCC1=C2C=CC=CC2Oc2ccccc21. The molecule has 1 aromatic carbocycles. The van der Waals surface area contributed by atoms with Crippen LogP contribution < -0.4 is 4.74 Å². The molecule has 1 aliphatic carbocycles. The molecule has 2 aliphatic rings. The highest BCUT2D eigenvalue weighted by molar-refractivity contribution is 5.81. The minimum atomic E-state index is -0.147. The van der Waals surface area contributed by atoms with Crippen molar-refractivity contribution in [3.8, 4) is 5.75 Å². The van der Waals surface area contributed by atoms with E-state index in [4.69, 9.17) is 9.47 Å². The van der Waals surface area contributed by atoms with Crippen molar-refractivity contribution in [2.75, 3.05) is 6.61 Å². The molecule has 22 heavy (non-hydrogen) atoms. The Labute approximate surface area is 130 Å². The molecule has 1 aliphatic heterocycles. The van der Waals surface area contributed by atoms with Crippen LogP contribution in [0.25, 0.3) is 5.57 Å². The Kier molecular flexibility index (Phi) is 4.14. The van der Waals surface area contributed by atoms with Gasteiger partial charge in [-0.1, -0.05) is 50.3 Å². The third-order valence-corrected chi connectivity index (χ3v) is 4.17. The van der Waals surface area contributed by atoms with E-state index in [1.807, 2.05) is 62.4 Å². The third-order valence-electron chi connectivity index (χ3n) is 4.17. The zero-order valence-electron chi connectivity index (χ0n) is 12.9. The van der Waals surface area contributed by atoms with E-state index < -0.39 is 0 Å². The smallest absolute Gasteiger partial charge is 0.308 e. The summed E-state index contributed by atoms with van der Waals surface area (Å²) in [6.45, 7) is 4.17. The lowest BCUT2D eigenvalue weighted by Gasteiger charge is -2.29. The summed E-state index contributed by atoms with van der Waals surface area (Å²) in [6.07, 6.45) is 8.70. The molecule has 1 aromatic rings. The van der Waals surface area contributed by atoms with Crippen molar-refractivity contribution in [3.05, 3.63) is 59.7 Å². The third kappa shape index (κ3) is 2.71. The summed E-state index contributed by atoms with van der Waals surface area (Å²) in [6, 6.07) is 7.89. The van der Waals surface area contributed by atoms with Gasteiger partial charge in [-0.2, -0.15) is 0 Å². The predicted octanol–water partition coefficient (Wildman–Crippen LogP) is 3.92. The lowest BCUT2D eigenvalue weighted by Crippen LogP contribution is -2.25. The first-order valence-corrected chi connectivity index (χ1v) is 7.71. The summed E-state index contributed by atoms with van der Waals surface area (Å²) in [7, 11) is 0. The van der Waals surface area contributed by atoms with E-state index in [-0.39, 0.29) is 24.6 Å². The molecule has 0 radical (unpaired) electrons. The number of para-hydroxylation sites is 1. The topological polar surface area (TPSA) is 35.5 Å². The Morgan fingerprint density at radius 3 is 2.95 bits per heavy atom. The molecular formula is C19H20O3. The molecule has 0 saturated heterocycles. The van der Waals surface area contributed by atoms with Gasteiger partial charge >= 0.3 is 5.97 Å². The van der Waals surface area contributed by atoms with E-state index in [2.05, 4.69) is 0 Å². The number of rotatable bonds is 4. The van der Waals surface area contributed by atoms with Gasteiger partial charge < -0.3 is 9.47 Å². The van der Waals surface area contributed by atoms with Gasteiger partial charge in [0.2, 0.25) is 0 Å². The van der Waals surface area contributed by atoms with Crippen LogP contribution >= 0.6 is 0 Å². The van der Waals surface area contributed by atoms with Crippen molar-refractivity contribution >= 4 is 11.5 Å².